The highest BCUT2D eigenvalue weighted by Gasteiger charge is 2.35. The Morgan fingerprint density at radius 2 is 2.07 bits per heavy atom. The molecule has 0 saturated carbocycles. The number of nitrogens with zero attached hydrogens (tertiary/aromatic N) is 1. The summed E-state index contributed by atoms with van der Waals surface area (Å²) in [6.45, 7) is 7.08. The molecule has 1 atom stereocenters. The minimum atomic E-state index is -1.34. The normalized spacial score (nSPS) is 20.8. The number of rotatable bonds is 4. The molecular weight excluding hydrogens is 190 g/mol. The van der Waals surface area contributed by atoms with E-state index in [1.165, 1.54) is 12.5 Å². The van der Waals surface area contributed by atoms with Crippen LogP contribution < -0.4 is 0 Å². The van der Waals surface area contributed by atoms with Crippen molar-refractivity contribution in [3.05, 3.63) is 12.7 Å². The van der Waals surface area contributed by atoms with E-state index in [4.69, 9.17) is 0 Å². The highest BCUT2D eigenvalue weighted by Crippen LogP contribution is 2.20. The largest absolute Gasteiger partial charge is 0.376 e. The molecule has 0 aromatic carbocycles. The van der Waals surface area contributed by atoms with E-state index >= 15 is 0 Å². The van der Waals surface area contributed by atoms with Crippen molar-refractivity contribution in [2.24, 2.45) is 0 Å². The van der Waals surface area contributed by atoms with Crippen molar-refractivity contribution < 1.29 is 9.90 Å². The van der Waals surface area contributed by atoms with Crippen molar-refractivity contribution in [3.63, 3.8) is 0 Å². The van der Waals surface area contributed by atoms with Gasteiger partial charge in [0.05, 0.1) is 0 Å². The SMILES string of the molecule is C=CC(O)(CCC)C(=O)N1CCCCC1. The monoisotopic (exact) mass is 211 g/mol. The van der Waals surface area contributed by atoms with E-state index in [9.17, 15) is 9.90 Å². The molecule has 0 aromatic heterocycles. The van der Waals surface area contributed by atoms with E-state index in [2.05, 4.69) is 6.58 Å². The number of carbonyl (C=O) groups excluding carboxylic acids is 1. The van der Waals surface area contributed by atoms with Crippen LogP contribution in [0.25, 0.3) is 0 Å². The predicted molar refractivity (Wildman–Crippen MR) is 60.5 cm³/mol. The van der Waals surface area contributed by atoms with Crippen LogP contribution in [0.5, 0.6) is 0 Å². The van der Waals surface area contributed by atoms with Gasteiger partial charge in [0.25, 0.3) is 5.91 Å². The minimum absolute atomic E-state index is 0.168. The Morgan fingerprint density at radius 3 is 2.53 bits per heavy atom. The van der Waals surface area contributed by atoms with Crippen LogP contribution in [0, 0.1) is 0 Å². The number of hydrogen-bond donors (Lipinski definition) is 1. The number of likely N-dealkylation sites (tertiary alicyclic amines) is 1. The first kappa shape index (κ1) is 12.2. The van der Waals surface area contributed by atoms with Gasteiger partial charge in [0.2, 0.25) is 0 Å². The third kappa shape index (κ3) is 2.81. The maximum absolute atomic E-state index is 12.0. The topological polar surface area (TPSA) is 40.5 Å². The second-order valence-corrected chi connectivity index (χ2v) is 4.23. The Hall–Kier alpha value is -0.830. The third-order valence-corrected chi connectivity index (χ3v) is 2.98. The lowest BCUT2D eigenvalue weighted by molar-refractivity contribution is -0.148. The lowest BCUT2D eigenvalue weighted by Crippen LogP contribution is -2.49. The molecule has 1 unspecified atom stereocenters. The zero-order chi connectivity index (χ0) is 11.3. The molecule has 15 heavy (non-hydrogen) atoms. The standard InChI is InChI=1S/C12H21NO2/c1-3-8-12(15,4-2)11(14)13-9-6-5-7-10-13/h4,15H,2-3,5-10H2,1H3. The average Bonchev–Trinajstić information content (AvgIpc) is 2.29. The maximum Gasteiger partial charge on any atom is 0.258 e. The van der Waals surface area contributed by atoms with Gasteiger partial charge in [0, 0.05) is 13.1 Å². The van der Waals surface area contributed by atoms with Gasteiger partial charge in [-0.25, -0.2) is 0 Å². The molecule has 1 saturated heterocycles. The van der Waals surface area contributed by atoms with Crippen LogP contribution in [-0.2, 0) is 4.79 Å². The Labute approximate surface area is 91.8 Å². The first-order valence-electron chi connectivity index (χ1n) is 5.79. The fraction of sp³-hybridized carbons (Fsp3) is 0.750. The molecule has 0 bridgehead atoms. The van der Waals surface area contributed by atoms with E-state index in [0.29, 0.717) is 6.42 Å². The average molecular weight is 211 g/mol. The minimum Gasteiger partial charge on any atom is -0.376 e. The molecule has 1 rings (SSSR count). The Bertz CT molecular complexity index is 234. The smallest absolute Gasteiger partial charge is 0.258 e. The van der Waals surface area contributed by atoms with Crippen LogP contribution in [0.3, 0.4) is 0 Å². The fourth-order valence-electron chi connectivity index (χ4n) is 2.05. The van der Waals surface area contributed by atoms with Crippen LogP contribution in [-0.4, -0.2) is 34.6 Å². The molecule has 1 heterocycles. The maximum atomic E-state index is 12.0. The highest BCUT2D eigenvalue weighted by molar-refractivity contribution is 5.87. The summed E-state index contributed by atoms with van der Waals surface area (Å²) in [5, 5.41) is 10.1. The summed E-state index contributed by atoms with van der Waals surface area (Å²) in [5.41, 5.74) is -1.34. The molecule has 1 N–H and O–H groups in total. The van der Waals surface area contributed by atoms with Crippen molar-refractivity contribution in [2.45, 2.75) is 44.6 Å². The molecule has 3 nitrogen and oxygen atoms in total. The number of carbonyl (C=O) groups is 1. The first-order valence-corrected chi connectivity index (χ1v) is 5.79. The van der Waals surface area contributed by atoms with Crippen molar-refractivity contribution >= 4 is 5.91 Å². The Morgan fingerprint density at radius 1 is 1.47 bits per heavy atom. The van der Waals surface area contributed by atoms with Gasteiger partial charge in [-0.1, -0.05) is 26.0 Å². The second kappa shape index (κ2) is 5.31. The molecule has 0 aromatic rings. The van der Waals surface area contributed by atoms with Gasteiger partial charge in [0.15, 0.2) is 5.60 Å². The summed E-state index contributed by atoms with van der Waals surface area (Å²) < 4.78 is 0. The van der Waals surface area contributed by atoms with E-state index < -0.39 is 5.60 Å². The van der Waals surface area contributed by atoms with E-state index in [0.717, 1.165) is 32.4 Å². The van der Waals surface area contributed by atoms with Crippen LogP contribution in [0.4, 0.5) is 0 Å². The van der Waals surface area contributed by atoms with Crippen LogP contribution >= 0.6 is 0 Å². The summed E-state index contributed by atoms with van der Waals surface area (Å²) in [5.74, 6) is -0.168. The molecule has 0 radical (unpaired) electrons. The van der Waals surface area contributed by atoms with Crippen molar-refractivity contribution in [1.29, 1.82) is 0 Å². The number of piperidine rings is 1. The molecule has 86 valence electrons. The fourth-order valence-corrected chi connectivity index (χ4v) is 2.05. The van der Waals surface area contributed by atoms with Crippen molar-refractivity contribution in [3.8, 4) is 0 Å². The number of hydrogen-bond acceptors (Lipinski definition) is 2. The summed E-state index contributed by atoms with van der Waals surface area (Å²) in [6.07, 6.45) is 5.90. The summed E-state index contributed by atoms with van der Waals surface area (Å²) in [4.78, 5) is 13.8. The van der Waals surface area contributed by atoms with Gasteiger partial charge in [-0.15, -0.1) is 0 Å². The van der Waals surface area contributed by atoms with Crippen LogP contribution in [0.2, 0.25) is 0 Å². The van der Waals surface area contributed by atoms with Gasteiger partial charge < -0.3 is 10.0 Å². The Balaban J connectivity index is 2.66. The number of amides is 1. The van der Waals surface area contributed by atoms with Gasteiger partial charge in [-0.05, 0) is 25.7 Å². The lowest BCUT2D eigenvalue weighted by atomic mass is 9.95. The molecule has 0 spiro atoms. The predicted octanol–water partition coefficient (Wildman–Crippen LogP) is 1.72. The third-order valence-electron chi connectivity index (χ3n) is 2.98. The van der Waals surface area contributed by atoms with Crippen LogP contribution in [0.15, 0.2) is 12.7 Å². The zero-order valence-electron chi connectivity index (χ0n) is 9.54. The summed E-state index contributed by atoms with van der Waals surface area (Å²) in [7, 11) is 0. The van der Waals surface area contributed by atoms with Gasteiger partial charge >= 0.3 is 0 Å². The van der Waals surface area contributed by atoms with Gasteiger partial charge in [-0.3, -0.25) is 4.79 Å². The second-order valence-electron chi connectivity index (χ2n) is 4.23. The van der Waals surface area contributed by atoms with Gasteiger partial charge in [0.1, 0.15) is 0 Å². The molecular formula is C12H21NO2. The molecule has 1 aliphatic heterocycles. The zero-order valence-corrected chi connectivity index (χ0v) is 9.54. The Kier molecular flexibility index (Phi) is 4.33. The van der Waals surface area contributed by atoms with E-state index in [-0.39, 0.29) is 5.91 Å². The van der Waals surface area contributed by atoms with Crippen LogP contribution in [0.1, 0.15) is 39.0 Å². The van der Waals surface area contributed by atoms with Gasteiger partial charge in [-0.2, -0.15) is 0 Å². The lowest BCUT2D eigenvalue weighted by Gasteiger charge is -2.33. The van der Waals surface area contributed by atoms with Crippen molar-refractivity contribution in [1.82, 2.24) is 4.90 Å². The highest BCUT2D eigenvalue weighted by atomic mass is 16.3. The molecule has 3 heteroatoms. The summed E-state index contributed by atoms with van der Waals surface area (Å²) >= 11 is 0. The summed E-state index contributed by atoms with van der Waals surface area (Å²) in [6, 6.07) is 0. The molecule has 1 amide bonds. The van der Waals surface area contributed by atoms with E-state index in [1.807, 2.05) is 6.92 Å². The van der Waals surface area contributed by atoms with E-state index in [1.54, 1.807) is 4.90 Å². The molecule has 1 aliphatic rings. The number of aliphatic hydroxyl groups is 1. The molecule has 1 fully saturated rings. The molecule has 0 aliphatic carbocycles. The van der Waals surface area contributed by atoms with Crippen molar-refractivity contribution in [2.75, 3.05) is 13.1 Å². The first-order chi connectivity index (χ1) is 7.14. The quantitative estimate of drug-likeness (QED) is 0.719.